The lowest BCUT2D eigenvalue weighted by Crippen LogP contribution is -2.49. The highest BCUT2D eigenvalue weighted by molar-refractivity contribution is 7.46. The molecule has 2 rings (SSSR count). The first kappa shape index (κ1) is 38.6. The molecule has 0 saturated heterocycles. The maximum absolute atomic E-state index is 14.0. The van der Waals surface area contributed by atoms with Crippen molar-refractivity contribution in [3.63, 3.8) is 0 Å². The predicted molar refractivity (Wildman–Crippen MR) is 165 cm³/mol. The normalized spacial score (nSPS) is 13.5. The van der Waals surface area contributed by atoms with Crippen LogP contribution >= 0.6 is 7.82 Å². The topological polar surface area (TPSA) is 203 Å². The zero-order valence-electron chi connectivity index (χ0n) is 27.0. The Morgan fingerprint density at radius 1 is 1.07 bits per heavy atom. The fourth-order valence-corrected chi connectivity index (χ4v) is 4.95. The molecule has 3 unspecified atom stereocenters. The Hall–Kier alpha value is -3.58. The first-order valence-electron chi connectivity index (χ1n) is 15.3. The van der Waals surface area contributed by atoms with Gasteiger partial charge in [0.15, 0.2) is 17.3 Å². The molecule has 0 spiro atoms. The monoisotopic (exact) mass is 668 g/mol. The lowest BCUT2D eigenvalue weighted by molar-refractivity contribution is -0.144. The zero-order valence-corrected chi connectivity index (χ0v) is 27.9. The van der Waals surface area contributed by atoms with Crippen LogP contribution in [0.2, 0.25) is 0 Å². The standard InChI is InChI=1S/C31H45N2O12P/c1-6-8-9-10-29(36)33(19-43-46(39,40)41)26(27(35)16-25(20(3)7-2)30(37)32-17-21(4)34)15-23-11-13-24(14-12-23)42-18-28-22(5)44-31(38)45-28/h11-14,20,25-26H,6-10,15-19H2,1-5H3,(H,32,37)(H2,39,40,41). The summed E-state index contributed by atoms with van der Waals surface area (Å²) in [7, 11) is -5.02. The van der Waals surface area contributed by atoms with Gasteiger partial charge >= 0.3 is 13.6 Å². The maximum Gasteiger partial charge on any atom is 0.519 e. The summed E-state index contributed by atoms with van der Waals surface area (Å²) in [5.41, 5.74) is 0.584. The molecule has 0 aliphatic carbocycles. The summed E-state index contributed by atoms with van der Waals surface area (Å²) in [6.07, 6.45) is 2.28. The van der Waals surface area contributed by atoms with Gasteiger partial charge in [-0.1, -0.05) is 52.2 Å². The molecule has 1 aromatic carbocycles. The average molecular weight is 669 g/mol. The first-order valence-corrected chi connectivity index (χ1v) is 16.8. The van der Waals surface area contributed by atoms with E-state index in [-0.39, 0.29) is 55.6 Å². The molecule has 14 nitrogen and oxygen atoms in total. The van der Waals surface area contributed by atoms with E-state index in [9.17, 15) is 38.3 Å². The van der Waals surface area contributed by atoms with Gasteiger partial charge in [0.2, 0.25) is 11.8 Å². The van der Waals surface area contributed by atoms with Gasteiger partial charge in [-0.25, -0.2) is 9.36 Å². The van der Waals surface area contributed by atoms with Crippen molar-refractivity contribution < 1.29 is 51.6 Å². The third-order valence-corrected chi connectivity index (χ3v) is 8.04. The van der Waals surface area contributed by atoms with Crippen molar-refractivity contribution in [1.82, 2.24) is 10.2 Å². The lowest BCUT2D eigenvalue weighted by Gasteiger charge is -2.32. The maximum atomic E-state index is 14.0. The summed E-state index contributed by atoms with van der Waals surface area (Å²) in [6.45, 7) is 7.41. The minimum atomic E-state index is -5.02. The van der Waals surface area contributed by atoms with Crippen molar-refractivity contribution in [2.75, 3.05) is 13.3 Å². The van der Waals surface area contributed by atoms with Crippen molar-refractivity contribution in [2.45, 2.75) is 92.2 Å². The molecule has 0 bridgehead atoms. The molecule has 0 aliphatic heterocycles. The number of unbranched alkanes of at least 4 members (excludes halogenated alkanes) is 2. The van der Waals surface area contributed by atoms with Crippen LogP contribution in [0.5, 0.6) is 5.75 Å². The molecular weight excluding hydrogens is 623 g/mol. The van der Waals surface area contributed by atoms with Crippen LogP contribution in [-0.2, 0) is 41.3 Å². The molecular formula is C31H45N2O12P. The number of rotatable bonds is 21. The van der Waals surface area contributed by atoms with Crippen molar-refractivity contribution in [1.29, 1.82) is 0 Å². The van der Waals surface area contributed by atoms with E-state index < -0.39 is 49.9 Å². The van der Waals surface area contributed by atoms with E-state index in [1.54, 1.807) is 38.1 Å². The molecule has 0 radical (unpaired) electrons. The molecule has 15 heteroatoms. The molecule has 2 aromatic rings. The van der Waals surface area contributed by atoms with Crippen LogP contribution in [0.4, 0.5) is 0 Å². The van der Waals surface area contributed by atoms with E-state index in [2.05, 4.69) is 5.32 Å². The van der Waals surface area contributed by atoms with Crippen molar-refractivity contribution in [3.05, 3.63) is 52.0 Å². The van der Waals surface area contributed by atoms with Gasteiger partial charge in [0.1, 0.15) is 24.9 Å². The number of ether oxygens (including phenoxy) is 1. The van der Waals surface area contributed by atoms with Crippen LogP contribution in [0.15, 0.2) is 37.9 Å². The Labute approximate surface area is 268 Å². The Morgan fingerprint density at radius 2 is 1.74 bits per heavy atom. The third-order valence-electron chi connectivity index (χ3n) is 7.59. The molecule has 3 N–H and O–H groups in total. The lowest BCUT2D eigenvalue weighted by atomic mass is 9.84. The Balaban J connectivity index is 2.40. The second kappa shape index (κ2) is 18.5. The van der Waals surface area contributed by atoms with Gasteiger partial charge in [0, 0.05) is 25.2 Å². The van der Waals surface area contributed by atoms with E-state index in [4.69, 9.17) is 18.1 Å². The summed E-state index contributed by atoms with van der Waals surface area (Å²) in [4.78, 5) is 83.1. The summed E-state index contributed by atoms with van der Waals surface area (Å²) in [5.74, 6) is -2.76. The number of carbonyl (C=O) groups excluding carboxylic acids is 4. The molecule has 0 aliphatic rings. The zero-order chi connectivity index (χ0) is 34.4. The van der Waals surface area contributed by atoms with E-state index in [1.807, 2.05) is 13.8 Å². The smallest absolute Gasteiger partial charge is 0.486 e. The summed E-state index contributed by atoms with van der Waals surface area (Å²) >= 11 is 0. The number of benzene rings is 1. The Kier molecular flexibility index (Phi) is 15.6. The van der Waals surface area contributed by atoms with E-state index in [0.717, 1.165) is 17.7 Å². The summed E-state index contributed by atoms with van der Waals surface area (Å²) < 4.78 is 31.8. The van der Waals surface area contributed by atoms with E-state index >= 15 is 0 Å². The third kappa shape index (κ3) is 13.0. The highest BCUT2D eigenvalue weighted by Crippen LogP contribution is 2.36. The second-order valence-corrected chi connectivity index (χ2v) is 12.5. The van der Waals surface area contributed by atoms with Crippen LogP contribution in [0.3, 0.4) is 0 Å². The minimum Gasteiger partial charge on any atom is -0.486 e. The quantitative estimate of drug-likeness (QED) is 0.0987. The molecule has 46 heavy (non-hydrogen) atoms. The number of ketones is 2. The minimum absolute atomic E-state index is 0.0202. The van der Waals surface area contributed by atoms with Gasteiger partial charge < -0.3 is 33.6 Å². The SMILES string of the molecule is CCCCCC(=O)N(COP(=O)(O)O)C(Cc1ccc(OCc2oc(=O)oc2C)cc1)C(=O)CC(C(=O)NCC(C)=O)C(C)CC. The van der Waals surface area contributed by atoms with E-state index in [0.29, 0.717) is 24.2 Å². The number of carbonyl (C=O) groups is 4. The first-order chi connectivity index (χ1) is 21.6. The largest absolute Gasteiger partial charge is 0.519 e. The Bertz CT molecular complexity index is 1410. The fourth-order valence-electron chi connectivity index (χ4n) is 4.67. The van der Waals surface area contributed by atoms with Crippen LogP contribution in [0.25, 0.3) is 0 Å². The molecule has 0 fully saturated rings. The molecule has 256 valence electrons. The number of Topliss-reactive ketones (excluding diaryl/α,β-unsaturated/α-hetero) is 2. The highest BCUT2D eigenvalue weighted by atomic mass is 31.2. The molecule has 3 atom stereocenters. The van der Waals surface area contributed by atoms with Gasteiger partial charge in [0.05, 0.1) is 12.6 Å². The number of hydrogen-bond donors (Lipinski definition) is 3. The van der Waals surface area contributed by atoms with Gasteiger partial charge in [-0.2, -0.15) is 0 Å². The van der Waals surface area contributed by atoms with Crippen LogP contribution in [-0.4, -0.2) is 57.4 Å². The van der Waals surface area contributed by atoms with Gasteiger partial charge in [-0.3, -0.25) is 23.7 Å². The van der Waals surface area contributed by atoms with Gasteiger partial charge in [-0.05, 0) is 43.9 Å². The average Bonchev–Trinajstić information content (AvgIpc) is 3.32. The Morgan fingerprint density at radius 3 is 2.28 bits per heavy atom. The van der Waals surface area contributed by atoms with Crippen molar-refractivity contribution in [3.8, 4) is 5.75 Å². The molecule has 2 amide bonds. The number of aryl methyl sites for hydroxylation is 1. The van der Waals surface area contributed by atoms with Gasteiger partial charge in [0.25, 0.3) is 0 Å². The molecule has 1 heterocycles. The summed E-state index contributed by atoms with van der Waals surface area (Å²) in [5, 5.41) is 2.56. The number of nitrogens with one attached hydrogen (secondary N) is 1. The number of phosphoric ester groups is 1. The second-order valence-electron chi connectivity index (χ2n) is 11.2. The number of phosphoric acid groups is 1. The fraction of sp³-hybridized carbons (Fsp3) is 0.581. The van der Waals surface area contributed by atoms with Crippen LogP contribution < -0.4 is 15.9 Å². The van der Waals surface area contributed by atoms with Crippen LogP contribution in [0, 0.1) is 18.8 Å². The number of amides is 2. The number of nitrogens with zero attached hydrogens (tertiary/aromatic N) is 1. The van der Waals surface area contributed by atoms with Crippen molar-refractivity contribution in [2.24, 2.45) is 11.8 Å². The predicted octanol–water partition coefficient (Wildman–Crippen LogP) is 3.83. The van der Waals surface area contributed by atoms with Crippen molar-refractivity contribution >= 4 is 31.2 Å². The van der Waals surface area contributed by atoms with Gasteiger partial charge in [-0.15, -0.1) is 0 Å². The van der Waals surface area contributed by atoms with E-state index in [1.165, 1.54) is 6.92 Å². The highest BCUT2D eigenvalue weighted by Gasteiger charge is 2.35. The molecule has 0 saturated carbocycles. The number of hydrogen-bond acceptors (Lipinski definition) is 10. The molecule has 1 aromatic heterocycles. The van der Waals surface area contributed by atoms with Crippen LogP contribution in [0.1, 0.15) is 83.3 Å². The summed E-state index contributed by atoms with van der Waals surface area (Å²) in [6, 6.07) is 5.30.